The summed E-state index contributed by atoms with van der Waals surface area (Å²) >= 11 is 5.83. The highest BCUT2D eigenvalue weighted by Crippen LogP contribution is 2.15. The van der Waals surface area contributed by atoms with Gasteiger partial charge in [-0.3, -0.25) is 9.36 Å². The van der Waals surface area contributed by atoms with Crippen molar-refractivity contribution in [2.24, 2.45) is 0 Å². The number of aryl methyl sites for hydroxylation is 1. The lowest BCUT2D eigenvalue weighted by molar-refractivity contribution is 0.880. The first kappa shape index (κ1) is 11.7. The maximum atomic E-state index is 12.0. The Morgan fingerprint density at radius 3 is 2.41 bits per heavy atom. The van der Waals surface area contributed by atoms with E-state index in [1.807, 2.05) is 25.1 Å². The third kappa shape index (κ3) is 2.19. The molecular formula is C13H13ClN2O. The van der Waals surface area contributed by atoms with Crippen LogP contribution >= 0.6 is 11.6 Å². The maximum absolute atomic E-state index is 12.0. The first-order valence-electron chi connectivity index (χ1n) is 5.40. The quantitative estimate of drug-likeness (QED) is 0.888. The molecule has 2 rings (SSSR count). The van der Waals surface area contributed by atoms with Gasteiger partial charge in [-0.1, -0.05) is 18.5 Å². The molecule has 0 saturated carbocycles. The van der Waals surface area contributed by atoms with Crippen molar-refractivity contribution in [1.82, 2.24) is 4.57 Å². The fourth-order valence-corrected chi connectivity index (χ4v) is 1.87. The van der Waals surface area contributed by atoms with Crippen molar-refractivity contribution >= 4 is 17.3 Å². The van der Waals surface area contributed by atoms with Crippen LogP contribution in [0.5, 0.6) is 0 Å². The van der Waals surface area contributed by atoms with Crippen molar-refractivity contribution in [3.8, 4) is 5.69 Å². The Bertz CT molecular complexity index is 587. The second kappa shape index (κ2) is 4.63. The monoisotopic (exact) mass is 248 g/mol. The molecule has 4 heteroatoms. The molecule has 2 N–H and O–H groups in total. The standard InChI is InChI=1S/C13H13ClN2O/c1-2-10-7-8-12(15)13(17)16(10)11-5-3-9(14)4-6-11/h3-8H,2,15H2,1H3. The summed E-state index contributed by atoms with van der Waals surface area (Å²) in [4.78, 5) is 12.0. The molecule has 17 heavy (non-hydrogen) atoms. The van der Waals surface area contributed by atoms with Crippen molar-refractivity contribution in [2.75, 3.05) is 5.73 Å². The molecule has 0 fully saturated rings. The number of halogens is 1. The van der Waals surface area contributed by atoms with Gasteiger partial charge in [0, 0.05) is 16.4 Å². The van der Waals surface area contributed by atoms with Gasteiger partial charge >= 0.3 is 0 Å². The average Bonchev–Trinajstić information content (AvgIpc) is 2.34. The van der Waals surface area contributed by atoms with Gasteiger partial charge in [0.05, 0.1) is 5.69 Å². The molecule has 2 aromatic rings. The summed E-state index contributed by atoms with van der Waals surface area (Å²) < 4.78 is 1.62. The van der Waals surface area contributed by atoms with Gasteiger partial charge in [-0.2, -0.15) is 0 Å². The van der Waals surface area contributed by atoms with Crippen molar-refractivity contribution in [1.29, 1.82) is 0 Å². The van der Waals surface area contributed by atoms with Crippen LogP contribution in [0.25, 0.3) is 5.69 Å². The second-order valence-electron chi connectivity index (χ2n) is 3.75. The maximum Gasteiger partial charge on any atom is 0.278 e. The van der Waals surface area contributed by atoms with Gasteiger partial charge in [0.1, 0.15) is 0 Å². The fourth-order valence-electron chi connectivity index (χ4n) is 1.74. The van der Waals surface area contributed by atoms with E-state index in [1.54, 1.807) is 22.8 Å². The van der Waals surface area contributed by atoms with Gasteiger partial charge in [-0.05, 0) is 42.8 Å². The van der Waals surface area contributed by atoms with Gasteiger partial charge < -0.3 is 5.73 Å². The molecule has 0 amide bonds. The Morgan fingerprint density at radius 1 is 1.18 bits per heavy atom. The number of nitrogen functional groups attached to an aromatic ring is 1. The minimum Gasteiger partial charge on any atom is -0.394 e. The number of nitrogens with two attached hydrogens (primary N) is 1. The van der Waals surface area contributed by atoms with Crippen LogP contribution < -0.4 is 11.3 Å². The predicted octanol–water partition coefficient (Wildman–Crippen LogP) is 2.64. The molecule has 0 aliphatic rings. The van der Waals surface area contributed by atoms with Gasteiger partial charge in [0.2, 0.25) is 0 Å². The van der Waals surface area contributed by atoms with Gasteiger partial charge in [-0.25, -0.2) is 0 Å². The fraction of sp³-hybridized carbons (Fsp3) is 0.154. The number of nitrogens with zero attached hydrogens (tertiary/aromatic N) is 1. The van der Waals surface area contributed by atoms with Crippen LogP contribution in [0.4, 0.5) is 5.69 Å². The van der Waals surface area contributed by atoms with E-state index in [0.29, 0.717) is 5.02 Å². The molecule has 0 unspecified atom stereocenters. The topological polar surface area (TPSA) is 48.0 Å². The summed E-state index contributed by atoms with van der Waals surface area (Å²) in [6, 6.07) is 10.6. The molecule has 3 nitrogen and oxygen atoms in total. The van der Waals surface area contributed by atoms with E-state index in [4.69, 9.17) is 17.3 Å². The average molecular weight is 249 g/mol. The molecule has 0 radical (unpaired) electrons. The molecular weight excluding hydrogens is 236 g/mol. The third-order valence-corrected chi connectivity index (χ3v) is 2.89. The molecule has 88 valence electrons. The van der Waals surface area contributed by atoms with E-state index in [0.717, 1.165) is 17.8 Å². The van der Waals surface area contributed by atoms with Crippen LogP contribution in [-0.2, 0) is 6.42 Å². The van der Waals surface area contributed by atoms with E-state index in [2.05, 4.69) is 0 Å². The smallest absolute Gasteiger partial charge is 0.278 e. The molecule has 1 aromatic heterocycles. The summed E-state index contributed by atoms with van der Waals surface area (Å²) in [5, 5.41) is 0.642. The highest BCUT2D eigenvalue weighted by molar-refractivity contribution is 6.30. The molecule has 0 aliphatic carbocycles. The van der Waals surface area contributed by atoms with E-state index >= 15 is 0 Å². The largest absolute Gasteiger partial charge is 0.394 e. The summed E-state index contributed by atoms with van der Waals surface area (Å²) in [7, 11) is 0. The predicted molar refractivity (Wildman–Crippen MR) is 70.8 cm³/mol. The van der Waals surface area contributed by atoms with E-state index < -0.39 is 0 Å². The Kier molecular flexibility index (Phi) is 3.20. The van der Waals surface area contributed by atoms with Crippen molar-refractivity contribution in [3.05, 3.63) is 57.5 Å². The number of rotatable bonds is 2. The number of aromatic nitrogens is 1. The summed E-state index contributed by atoms with van der Waals surface area (Å²) in [6.07, 6.45) is 0.762. The van der Waals surface area contributed by atoms with Crippen LogP contribution in [0, 0.1) is 0 Å². The summed E-state index contributed by atoms with van der Waals surface area (Å²) in [5.74, 6) is 0. The first-order chi connectivity index (χ1) is 8.13. The molecule has 1 aromatic carbocycles. The lowest BCUT2D eigenvalue weighted by Crippen LogP contribution is -2.23. The minimum absolute atomic E-state index is 0.188. The first-order valence-corrected chi connectivity index (χ1v) is 5.77. The third-order valence-electron chi connectivity index (χ3n) is 2.64. The molecule has 0 aliphatic heterocycles. The van der Waals surface area contributed by atoms with Crippen LogP contribution in [0.1, 0.15) is 12.6 Å². The summed E-state index contributed by atoms with van der Waals surface area (Å²) in [5.41, 5.74) is 7.41. The SMILES string of the molecule is CCc1ccc(N)c(=O)n1-c1ccc(Cl)cc1. The lowest BCUT2D eigenvalue weighted by Gasteiger charge is -2.12. The van der Waals surface area contributed by atoms with Gasteiger partial charge in [0.25, 0.3) is 5.56 Å². The highest BCUT2D eigenvalue weighted by atomic mass is 35.5. The Labute approximate surface area is 104 Å². The van der Waals surface area contributed by atoms with Crippen molar-refractivity contribution in [2.45, 2.75) is 13.3 Å². The van der Waals surface area contributed by atoms with Crippen molar-refractivity contribution < 1.29 is 0 Å². The van der Waals surface area contributed by atoms with Crippen LogP contribution in [0.15, 0.2) is 41.2 Å². The van der Waals surface area contributed by atoms with E-state index in [1.165, 1.54) is 0 Å². The highest BCUT2D eigenvalue weighted by Gasteiger charge is 2.07. The number of hydrogen-bond acceptors (Lipinski definition) is 2. The lowest BCUT2D eigenvalue weighted by atomic mass is 10.2. The van der Waals surface area contributed by atoms with E-state index in [9.17, 15) is 4.79 Å². The zero-order valence-corrected chi connectivity index (χ0v) is 10.2. The molecule has 0 spiro atoms. The van der Waals surface area contributed by atoms with Gasteiger partial charge in [0.15, 0.2) is 0 Å². The summed E-state index contributed by atoms with van der Waals surface area (Å²) in [6.45, 7) is 2.00. The number of pyridine rings is 1. The van der Waals surface area contributed by atoms with E-state index in [-0.39, 0.29) is 11.2 Å². The normalized spacial score (nSPS) is 10.5. The minimum atomic E-state index is -0.188. The Morgan fingerprint density at radius 2 is 1.82 bits per heavy atom. The molecule has 0 atom stereocenters. The molecule has 1 heterocycles. The van der Waals surface area contributed by atoms with Crippen LogP contribution in [0.2, 0.25) is 5.02 Å². The molecule has 0 bridgehead atoms. The van der Waals surface area contributed by atoms with Gasteiger partial charge in [-0.15, -0.1) is 0 Å². The van der Waals surface area contributed by atoms with Crippen LogP contribution in [0.3, 0.4) is 0 Å². The number of hydrogen-bond donors (Lipinski definition) is 1. The zero-order valence-electron chi connectivity index (χ0n) is 9.48. The number of anilines is 1. The second-order valence-corrected chi connectivity index (χ2v) is 4.19. The van der Waals surface area contributed by atoms with Crippen LogP contribution in [-0.4, -0.2) is 4.57 Å². The van der Waals surface area contributed by atoms with Crippen molar-refractivity contribution in [3.63, 3.8) is 0 Å². The Balaban J connectivity index is 2.69. The zero-order chi connectivity index (χ0) is 12.4. The Hall–Kier alpha value is -1.74. The molecule has 0 saturated heterocycles. The number of benzene rings is 1.